The van der Waals surface area contributed by atoms with Gasteiger partial charge >= 0.3 is 12.1 Å². The Kier molecular flexibility index (Phi) is 6.67. The second-order valence-corrected chi connectivity index (χ2v) is 8.75. The molecule has 0 aliphatic heterocycles. The molecular formula is C26H30N2O5. The highest BCUT2D eigenvalue weighted by atomic mass is 16.5. The number of hydrogen-bond donors (Lipinski definition) is 2. The van der Waals surface area contributed by atoms with Crippen molar-refractivity contribution in [2.24, 2.45) is 5.92 Å². The molecule has 2 amide bonds. The van der Waals surface area contributed by atoms with Crippen LogP contribution in [0.4, 0.5) is 4.79 Å². The van der Waals surface area contributed by atoms with Gasteiger partial charge in [-0.15, -0.1) is 0 Å². The topological polar surface area (TPSA) is 95.9 Å². The molecule has 0 spiro atoms. The second kappa shape index (κ2) is 9.65. The molecule has 0 aromatic heterocycles. The molecule has 2 aliphatic rings. The lowest BCUT2D eigenvalue weighted by atomic mass is 9.98. The molecule has 2 N–H and O–H groups in total. The van der Waals surface area contributed by atoms with Gasteiger partial charge < -0.3 is 20.1 Å². The van der Waals surface area contributed by atoms with E-state index < -0.39 is 24.0 Å². The lowest BCUT2D eigenvalue weighted by Crippen LogP contribution is -2.50. The minimum atomic E-state index is -1.04. The van der Waals surface area contributed by atoms with E-state index in [1.54, 1.807) is 6.92 Å². The van der Waals surface area contributed by atoms with E-state index >= 15 is 0 Å². The fourth-order valence-corrected chi connectivity index (χ4v) is 5.19. The van der Waals surface area contributed by atoms with E-state index in [0.717, 1.165) is 28.7 Å². The Morgan fingerprint density at radius 3 is 2.24 bits per heavy atom. The van der Waals surface area contributed by atoms with Crippen LogP contribution in [0.2, 0.25) is 0 Å². The highest BCUT2D eigenvalue weighted by molar-refractivity contribution is 5.86. The summed E-state index contributed by atoms with van der Waals surface area (Å²) in [7, 11) is 0. The normalized spacial score (nSPS) is 19.9. The van der Waals surface area contributed by atoms with Gasteiger partial charge in [0.05, 0.1) is 5.92 Å². The molecule has 33 heavy (non-hydrogen) atoms. The summed E-state index contributed by atoms with van der Waals surface area (Å²) in [5.41, 5.74) is 4.61. The number of benzene rings is 2. The van der Waals surface area contributed by atoms with Crippen molar-refractivity contribution in [1.29, 1.82) is 0 Å². The number of amides is 2. The second-order valence-electron chi connectivity index (χ2n) is 8.75. The van der Waals surface area contributed by atoms with E-state index in [1.807, 2.05) is 24.3 Å². The fourth-order valence-electron chi connectivity index (χ4n) is 5.19. The molecule has 0 bridgehead atoms. The third kappa shape index (κ3) is 4.45. The number of nitrogens with one attached hydrogen (secondary N) is 1. The smallest absolute Gasteiger partial charge is 0.407 e. The van der Waals surface area contributed by atoms with E-state index in [2.05, 4.69) is 29.6 Å². The maximum atomic E-state index is 13.0. The quantitative estimate of drug-likeness (QED) is 0.664. The number of likely N-dealkylation sites (N-methyl/N-ethyl adjacent to an activating group) is 1. The molecule has 7 heteroatoms. The number of hydrogen-bond acceptors (Lipinski definition) is 4. The SMILES string of the molecule is CCN(C(=O)C1CCCC1NC(=O)OCC1c2ccccc2-c2ccccc21)C(C)C(=O)O. The van der Waals surface area contributed by atoms with Crippen LogP contribution in [0.3, 0.4) is 0 Å². The number of aliphatic carboxylic acids is 1. The predicted molar refractivity (Wildman–Crippen MR) is 124 cm³/mol. The summed E-state index contributed by atoms with van der Waals surface area (Å²) in [5.74, 6) is -1.73. The van der Waals surface area contributed by atoms with Crippen LogP contribution >= 0.6 is 0 Å². The summed E-state index contributed by atoms with van der Waals surface area (Å²) >= 11 is 0. The first-order chi connectivity index (χ1) is 15.9. The average molecular weight is 451 g/mol. The average Bonchev–Trinajstić information content (AvgIpc) is 3.40. The van der Waals surface area contributed by atoms with Gasteiger partial charge in [-0.25, -0.2) is 9.59 Å². The van der Waals surface area contributed by atoms with Crippen LogP contribution in [0.25, 0.3) is 11.1 Å². The first-order valence-electron chi connectivity index (χ1n) is 11.6. The van der Waals surface area contributed by atoms with Crippen LogP contribution in [-0.4, -0.2) is 53.2 Å². The van der Waals surface area contributed by atoms with Gasteiger partial charge in [0.15, 0.2) is 0 Å². The number of nitrogens with zero attached hydrogens (tertiary/aromatic N) is 1. The highest BCUT2D eigenvalue weighted by Crippen LogP contribution is 2.44. The van der Waals surface area contributed by atoms with Gasteiger partial charge in [0.1, 0.15) is 12.6 Å². The van der Waals surface area contributed by atoms with Crippen LogP contribution in [-0.2, 0) is 14.3 Å². The van der Waals surface area contributed by atoms with Crippen molar-refractivity contribution in [1.82, 2.24) is 10.2 Å². The monoisotopic (exact) mass is 450 g/mol. The van der Waals surface area contributed by atoms with Crippen LogP contribution in [0.5, 0.6) is 0 Å². The molecule has 2 aromatic rings. The van der Waals surface area contributed by atoms with Crippen LogP contribution in [0.1, 0.15) is 50.2 Å². The molecule has 1 saturated carbocycles. The highest BCUT2D eigenvalue weighted by Gasteiger charge is 2.39. The molecule has 7 nitrogen and oxygen atoms in total. The van der Waals surface area contributed by atoms with E-state index in [9.17, 15) is 19.5 Å². The maximum Gasteiger partial charge on any atom is 0.407 e. The van der Waals surface area contributed by atoms with Crippen LogP contribution in [0.15, 0.2) is 48.5 Å². The van der Waals surface area contributed by atoms with Gasteiger partial charge in [0.2, 0.25) is 5.91 Å². The first-order valence-corrected chi connectivity index (χ1v) is 11.6. The Labute approximate surface area is 193 Å². The van der Waals surface area contributed by atoms with Crippen molar-refractivity contribution in [3.05, 3.63) is 59.7 Å². The minimum Gasteiger partial charge on any atom is -0.480 e. The summed E-state index contributed by atoms with van der Waals surface area (Å²) in [6, 6.07) is 15.0. The zero-order valence-corrected chi connectivity index (χ0v) is 19.0. The van der Waals surface area contributed by atoms with E-state index in [4.69, 9.17) is 4.74 Å². The zero-order chi connectivity index (χ0) is 23.5. The Morgan fingerprint density at radius 1 is 1.06 bits per heavy atom. The van der Waals surface area contributed by atoms with Crippen molar-refractivity contribution >= 4 is 18.0 Å². The standard InChI is InChI=1S/C26H30N2O5/c1-3-28(16(2)25(30)31)24(29)21-13-8-14-23(21)27-26(32)33-15-22-19-11-6-4-9-17(19)18-10-5-7-12-20(18)22/h4-7,9-12,16,21-23H,3,8,13-15H2,1-2H3,(H,27,32)(H,30,31). The number of carboxylic acid groups (broad SMARTS) is 1. The van der Waals surface area contributed by atoms with Crippen molar-refractivity contribution in [2.45, 2.75) is 51.1 Å². The molecule has 4 rings (SSSR count). The molecule has 1 fully saturated rings. The number of fused-ring (bicyclic) bond motifs is 3. The molecule has 2 aliphatic carbocycles. The number of carboxylic acids is 1. The van der Waals surface area contributed by atoms with Crippen molar-refractivity contribution in [3.8, 4) is 11.1 Å². The van der Waals surface area contributed by atoms with Crippen LogP contribution < -0.4 is 5.32 Å². The summed E-state index contributed by atoms with van der Waals surface area (Å²) in [6.07, 6.45) is 1.54. The van der Waals surface area contributed by atoms with E-state index in [-0.39, 0.29) is 24.5 Å². The Balaban J connectivity index is 1.40. The molecule has 0 radical (unpaired) electrons. The van der Waals surface area contributed by atoms with Gasteiger partial charge in [-0.3, -0.25) is 4.79 Å². The van der Waals surface area contributed by atoms with Gasteiger partial charge in [-0.05, 0) is 48.9 Å². The summed E-state index contributed by atoms with van der Waals surface area (Å²) in [6.45, 7) is 3.79. The molecule has 0 saturated heterocycles. The Morgan fingerprint density at radius 2 is 1.67 bits per heavy atom. The molecule has 2 aromatic carbocycles. The largest absolute Gasteiger partial charge is 0.480 e. The molecular weight excluding hydrogens is 420 g/mol. The number of carbonyl (C=O) groups is 3. The lowest BCUT2D eigenvalue weighted by molar-refractivity contribution is -0.151. The van der Waals surface area contributed by atoms with Crippen molar-refractivity contribution in [2.75, 3.05) is 13.2 Å². The van der Waals surface area contributed by atoms with Crippen LogP contribution in [0, 0.1) is 5.92 Å². The number of rotatable bonds is 7. The third-order valence-corrected chi connectivity index (χ3v) is 6.93. The van der Waals surface area contributed by atoms with Gasteiger partial charge in [-0.1, -0.05) is 55.0 Å². The third-order valence-electron chi connectivity index (χ3n) is 6.93. The minimum absolute atomic E-state index is 0.0313. The van der Waals surface area contributed by atoms with Gasteiger partial charge in [-0.2, -0.15) is 0 Å². The predicted octanol–water partition coefficient (Wildman–Crippen LogP) is 4.02. The van der Waals surface area contributed by atoms with Gasteiger partial charge in [0.25, 0.3) is 0 Å². The molecule has 0 heterocycles. The molecule has 3 atom stereocenters. The van der Waals surface area contributed by atoms with E-state index in [0.29, 0.717) is 19.4 Å². The maximum absolute atomic E-state index is 13.0. The summed E-state index contributed by atoms with van der Waals surface area (Å²) < 4.78 is 5.63. The van der Waals surface area contributed by atoms with Crippen molar-refractivity contribution < 1.29 is 24.2 Å². The Bertz CT molecular complexity index is 1010. The Hall–Kier alpha value is -3.35. The zero-order valence-electron chi connectivity index (χ0n) is 19.0. The van der Waals surface area contributed by atoms with Gasteiger partial charge in [0, 0.05) is 18.5 Å². The summed E-state index contributed by atoms with van der Waals surface area (Å²) in [5, 5.41) is 12.2. The number of ether oxygens (including phenoxy) is 1. The first kappa shape index (κ1) is 22.8. The van der Waals surface area contributed by atoms with Crippen molar-refractivity contribution in [3.63, 3.8) is 0 Å². The van der Waals surface area contributed by atoms with E-state index in [1.165, 1.54) is 11.8 Å². The number of carbonyl (C=O) groups excluding carboxylic acids is 2. The lowest BCUT2D eigenvalue weighted by Gasteiger charge is -2.30. The number of alkyl carbamates (subject to hydrolysis) is 1. The fraction of sp³-hybridized carbons (Fsp3) is 0.423. The summed E-state index contributed by atoms with van der Waals surface area (Å²) in [4.78, 5) is 38.5. The molecule has 3 unspecified atom stereocenters. The molecule has 174 valence electrons.